The van der Waals surface area contributed by atoms with E-state index >= 15 is 0 Å². The molecule has 1 aliphatic carbocycles. The molecule has 0 spiro atoms. The van der Waals surface area contributed by atoms with E-state index in [1.54, 1.807) is 0 Å². The molecule has 17 heavy (non-hydrogen) atoms. The van der Waals surface area contributed by atoms with E-state index in [1.165, 1.54) is 29.3 Å². The second kappa shape index (κ2) is 4.35. The van der Waals surface area contributed by atoms with E-state index in [2.05, 4.69) is 29.1 Å². The summed E-state index contributed by atoms with van der Waals surface area (Å²) < 4.78 is 2.27. The van der Waals surface area contributed by atoms with E-state index in [4.69, 9.17) is 11.6 Å². The van der Waals surface area contributed by atoms with Gasteiger partial charge >= 0.3 is 0 Å². The van der Waals surface area contributed by atoms with Gasteiger partial charge in [0.2, 0.25) is 0 Å². The van der Waals surface area contributed by atoms with Crippen molar-refractivity contribution < 1.29 is 0 Å². The third-order valence-electron chi connectivity index (χ3n) is 3.43. The Hall–Kier alpha value is -0.990. The highest BCUT2D eigenvalue weighted by Gasteiger charge is 2.21. The predicted octanol–water partition coefficient (Wildman–Crippen LogP) is 3.57. The van der Waals surface area contributed by atoms with Crippen LogP contribution in [0.5, 0.6) is 0 Å². The van der Waals surface area contributed by atoms with Gasteiger partial charge in [-0.25, -0.2) is 0 Å². The number of rotatable bonds is 4. The highest BCUT2D eigenvalue weighted by atomic mass is 35.5. The Labute approximate surface area is 107 Å². The number of aromatic nitrogens is 1. The minimum atomic E-state index is 0.734. The maximum atomic E-state index is 6.32. The zero-order chi connectivity index (χ0) is 11.8. The lowest BCUT2D eigenvalue weighted by Crippen LogP contribution is -2.15. The van der Waals surface area contributed by atoms with Gasteiger partial charge in [-0.05, 0) is 37.5 Å². The van der Waals surface area contributed by atoms with Crippen LogP contribution in [0.2, 0.25) is 5.02 Å². The lowest BCUT2D eigenvalue weighted by Gasteiger charge is -2.02. The van der Waals surface area contributed by atoms with Gasteiger partial charge in [0, 0.05) is 36.2 Å². The molecule has 1 heterocycles. The minimum Gasteiger partial charge on any atom is -0.347 e. The Morgan fingerprint density at radius 1 is 1.41 bits per heavy atom. The van der Waals surface area contributed by atoms with Crippen molar-refractivity contribution in [1.29, 1.82) is 0 Å². The number of nitrogens with one attached hydrogen (secondary N) is 1. The van der Waals surface area contributed by atoms with Gasteiger partial charge in [0.05, 0.1) is 5.02 Å². The van der Waals surface area contributed by atoms with Gasteiger partial charge < -0.3 is 9.88 Å². The smallest absolute Gasteiger partial charge is 0.0503 e. The molecule has 1 N–H and O–H groups in total. The molecule has 1 aromatic carbocycles. The van der Waals surface area contributed by atoms with Crippen molar-refractivity contribution in [1.82, 2.24) is 9.88 Å². The van der Waals surface area contributed by atoms with Gasteiger partial charge in [-0.3, -0.25) is 0 Å². The molecule has 1 saturated carbocycles. The van der Waals surface area contributed by atoms with E-state index in [9.17, 15) is 0 Å². The molecule has 0 bridgehead atoms. The average molecular weight is 249 g/mol. The molecule has 0 atom stereocenters. The normalized spacial score (nSPS) is 15.6. The van der Waals surface area contributed by atoms with Crippen LogP contribution in [0.3, 0.4) is 0 Å². The molecule has 0 aliphatic heterocycles. The number of nitrogens with zero attached hydrogens (tertiary/aromatic N) is 1. The minimum absolute atomic E-state index is 0.734. The average Bonchev–Trinajstić information content (AvgIpc) is 3.08. The quantitative estimate of drug-likeness (QED) is 0.876. The van der Waals surface area contributed by atoms with E-state index in [1.807, 2.05) is 12.1 Å². The molecule has 3 rings (SSSR count). The number of hydrogen-bond acceptors (Lipinski definition) is 1. The lowest BCUT2D eigenvalue weighted by atomic mass is 10.2. The molecule has 1 fully saturated rings. The maximum Gasteiger partial charge on any atom is 0.0503 e. The van der Waals surface area contributed by atoms with E-state index in [-0.39, 0.29) is 0 Å². The number of benzene rings is 1. The van der Waals surface area contributed by atoms with Crippen LogP contribution in [-0.4, -0.2) is 10.6 Å². The summed E-state index contributed by atoms with van der Waals surface area (Å²) in [5, 5.41) is 5.63. The summed E-state index contributed by atoms with van der Waals surface area (Å²) in [5.41, 5.74) is 2.56. The van der Waals surface area contributed by atoms with Crippen LogP contribution < -0.4 is 5.32 Å². The fourth-order valence-corrected chi connectivity index (χ4v) is 2.62. The van der Waals surface area contributed by atoms with Crippen LogP contribution in [-0.2, 0) is 13.1 Å². The van der Waals surface area contributed by atoms with Gasteiger partial charge in [0.25, 0.3) is 0 Å². The second-order valence-electron chi connectivity index (χ2n) is 4.73. The van der Waals surface area contributed by atoms with Crippen LogP contribution in [0.25, 0.3) is 10.9 Å². The first-order chi connectivity index (χ1) is 8.29. The standard InChI is InChI=1S/C14H17ClN2/c1-2-17-9-10(8-16-11-6-7-11)14-12(15)4-3-5-13(14)17/h3-5,9,11,16H,2,6-8H2,1H3. The van der Waals surface area contributed by atoms with Crippen LogP contribution in [0.4, 0.5) is 0 Å². The number of hydrogen-bond donors (Lipinski definition) is 1. The fraction of sp³-hybridized carbons (Fsp3) is 0.429. The van der Waals surface area contributed by atoms with Crippen molar-refractivity contribution >= 4 is 22.5 Å². The first kappa shape index (κ1) is 11.1. The van der Waals surface area contributed by atoms with Gasteiger partial charge in [-0.2, -0.15) is 0 Å². The molecular formula is C14H17ClN2. The SMILES string of the molecule is CCn1cc(CNC2CC2)c2c(Cl)cccc21. The first-order valence-electron chi connectivity index (χ1n) is 6.29. The highest BCUT2D eigenvalue weighted by molar-refractivity contribution is 6.35. The molecule has 1 aromatic heterocycles. The van der Waals surface area contributed by atoms with Crippen molar-refractivity contribution in [3.8, 4) is 0 Å². The molecule has 0 saturated heterocycles. The first-order valence-corrected chi connectivity index (χ1v) is 6.67. The largest absolute Gasteiger partial charge is 0.347 e. The summed E-state index contributed by atoms with van der Waals surface area (Å²) in [6, 6.07) is 6.88. The molecule has 0 radical (unpaired) electrons. The third-order valence-corrected chi connectivity index (χ3v) is 3.75. The Morgan fingerprint density at radius 3 is 2.94 bits per heavy atom. The zero-order valence-electron chi connectivity index (χ0n) is 10.0. The van der Waals surface area contributed by atoms with Crippen molar-refractivity contribution in [3.63, 3.8) is 0 Å². The van der Waals surface area contributed by atoms with Crippen LogP contribution in [0.15, 0.2) is 24.4 Å². The van der Waals surface area contributed by atoms with Gasteiger partial charge in [-0.1, -0.05) is 17.7 Å². The number of aryl methyl sites for hydroxylation is 1. The molecule has 0 unspecified atom stereocenters. The lowest BCUT2D eigenvalue weighted by molar-refractivity contribution is 0.686. The zero-order valence-corrected chi connectivity index (χ0v) is 10.8. The Bertz CT molecular complexity index is 540. The van der Waals surface area contributed by atoms with Crippen LogP contribution in [0, 0.1) is 0 Å². The van der Waals surface area contributed by atoms with Crippen molar-refractivity contribution in [2.45, 2.75) is 38.9 Å². The van der Waals surface area contributed by atoms with Gasteiger partial charge in [-0.15, -0.1) is 0 Å². The maximum absolute atomic E-state index is 6.32. The molecule has 1 aliphatic rings. The van der Waals surface area contributed by atoms with Crippen molar-refractivity contribution in [2.24, 2.45) is 0 Å². The molecule has 2 nitrogen and oxygen atoms in total. The van der Waals surface area contributed by atoms with Crippen LogP contribution >= 0.6 is 11.6 Å². The van der Waals surface area contributed by atoms with E-state index in [0.29, 0.717) is 0 Å². The van der Waals surface area contributed by atoms with Gasteiger partial charge in [0.15, 0.2) is 0 Å². The molecule has 0 amide bonds. The third kappa shape index (κ3) is 2.07. The Kier molecular flexibility index (Phi) is 2.85. The second-order valence-corrected chi connectivity index (χ2v) is 5.14. The monoisotopic (exact) mass is 248 g/mol. The number of fused-ring (bicyclic) bond motifs is 1. The van der Waals surface area contributed by atoms with Crippen LogP contribution in [0.1, 0.15) is 25.3 Å². The molecule has 3 heteroatoms. The molecule has 90 valence electrons. The summed E-state index contributed by atoms with van der Waals surface area (Å²) in [5.74, 6) is 0. The summed E-state index contributed by atoms with van der Waals surface area (Å²) >= 11 is 6.32. The van der Waals surface area contributed by atoms with Gasteiger partial charge in [0.1, 0.15) is 0 Å². The molecular weight excluding hydrogens is 232 g/mol. The Balaban J connectivity index is 2.02. The fourth-order valence-electron chi connectivity index (χ4n) is 2.33. The summed E-state index contributed by atoms with van der Waals surface area (Å²) in [7, 11) is 0. The van der Waals surface area contributed by atoms with Crippen molar-refractivity contribution in [2.75, 3.05) is 0 Å². The van der Waals surface area contributed by atoms with Crippen molar-refractivity contribution in [3.05, 3.63) is 35.0 Å². The van der Waals surface area contributed by atoms with E-state index in [0.717, 1.165) is 24.2 Å². The predicted molar refractivity (Wildman–Crippen MR) is 72.5 cm³/mol. The summed E-state index contributed by atoms with van der Waals surface area (Å²) in [4.78, 5) is 0. The number of halogens is 1. The topological polar surface area (TPSA) is 17.0 Å². The highest BCUT2D eigenvalue weighted by Crippen LogP contribution is 2.29. The Morgan fingerprint density at radius 2 is 2.24 bits per heavy atom. The summed E-state index contributed by atoms with van der Waals surface area (Å²) in [6.07, 6.45) is 4.87. The van der Waals surface area contributed by atoms with E-state index < -0.39 is 0 Å². The summed E-state index contributed by atoms with van der Waals surface area (Å²) in [6.45, 7) is 4.08. The molecule has 2 aromatic rings.